The van der Waals surface area contributed by atoms with Crippen LogP contribution in [-0.4, -0.2) is 19.9 Å². The van der Waals surface area contributed by atoms with Crippen molar-refractivity contribution in [3.63, 3.8) is 0 Å². The molecule has 0 unspecified atom stereocenters. The topological polar surface area (TPSA) is 57.4 Å². The molecule has 11 rings (SSSR count). The fraction of sp³-hybridized carbons (Fsp3) is 0.318. The van der Waals surface area contributed by atoms with Gasteiger partial charge in [0.15, 0.2) is 0 Å². The van der Waals surface area contributed by atoms with Crippen LogP contribution in [0.5, 0.6) is 0 Å². The van der Waals surface area contributed by atoms with Crippen molar-refractivity contribution in [1.82, 2.24) is 19.9 Å². The van der Waals surface area contributed by atoms with Crippen molar-refractivity contribution >= 4 is 81.4 Å². The molecule has 94 heavy (non-hydrogen) atoms. The normalized spacial score (nSPS) is 12.2. The Morgan fingerprint density at radius 2 is 0.691 bits per heavy atom. The van der Waals surface area contributed by atoms with Crippen molar-refractivity contribution < 1.29 is 0 Å². The van der Waals surface area contributed by atoms with E-state index in [1.807, 2.05) is 0 Å². The fourth-order valence-corrected chi connectivity index (χ4v) is 17.3. The minimum absolute atomic E-state index is 0.923. The van der Waals surface area contributed by atoms with Crippen LogP contribution in [0.4, 0.5) is 0 Å². The maximum Gasteiger partial charge on any atom is 0.0769 e. The van der Waals surface area contributed by atoms with E-state index in [-0.39, 0.29) is 0 Å². The van der Waals surface area contributed by atoms with E-state index in [9.17, 15) is 0 Å². The van der Waals surface area contributed by atoms with Gasteiger partial charge in [0.05, 0.1) is 33.8 Å². The molecule has 9 aromatic rings. The van der Waals surface area contributed by atoms with Gasteiger partial charge in [-0.25, -0.2) is 9.97 Å². The molecule has 0 spiro atoms. The van der Waals surface area contributed by atoms with Gasteiger partial charge in [-0.15, -0.1) is 0 Å². The molecule has 0 aliphatic carbocycles. The summed E-state index contributed by atoms with van der Waals surface area (Å²) in [6.45, 7) is 18.7. The van der Waals surface area contributed by atoms with Crippen molar-refractivity contribution in [3.05, 3.63) is 238 Å². The first kappa shape index (κ1) is 67.3. The number of nitrogens with one attached hydrogen (secondary N) is 2. The van der Waals surface area contributed by atoms with Crippen molar-refractivity contribution in [1.29, 1.82) is 0 Å². The smallest absolute Gasteiger partial charge is 0.0769 e. The highest BCUT2D eigenvalue weighted by molar-refractivity contribution is 7.77. The Kier molecular flexibility index (Phi) is 23.9. The largest absolute Gasteiger partial charge is 0.354 e. The average Bonchev–Trinajstić information content (AvgIpc) is 1.60. The zero-order chi connectivity index (χ0) is 65.2. The summed E-state index contributed by atoms with van der Waals surface area (Å²) in [5.74, 6) is 7.54. The fourth-order valence-electron chi connectivity index (χ4n) is 13.9. The van der Waals surface area contributed by atoms with Gasteiger partial charge in [0.2, 0.25) is 0 Å². The molecule has 6 heteroatoms. The van der Waals surface area contributed by atoms with Crippen LogP contribution < -0.4 is 21.2 Å². The number of nitrogens with zero attached hydrogens (tertiary/aromatic N) is 2. The number of rotatable bonds is 26. The zero-order valence-electron chi connectivity index (χ0n) is 57.3. The number of aromatic amines is 2. The predicted molar refractivity (Wildman–Crippen MR) is 411 cm³/mol. The summed E-state index contributed by atoms with van der Waals surface area (Å²) < 4.78 is 0. The Hall–Kier alpha value is -8.10. The molecule has 2 N–H and O–H groups in total. The number of hydrogen-bond donors (Lipinski definition) is 2. The van der Waals surface area contributed by atoms with Crippen LogP contribution in [0.1, 0.15) is 213 Å². The Labute approximate surface area is 565 Å². The molecule has 478 valence electrons. The second kappa shape index (κ2) is 33.3. The summed E-state index contributed by atoms with van der Waals surface area (Å²) in [5, 5.41) is 5.01. The molecule has 0 saturated carbocycles. The first-order valence-corrected chi connectivity index (χ1v) is 38.1. The van der Waals surface area contributed by atoms with E-state index >= 15 is 0 Å². The monoisotopic (exact) mass is 1270 g/mol. The molecular formula is C88H96N4P2. The van der Waals surface area contributed by atoms with Gasteiger partial charge in [0.1, 0.15) is 0 Å². The standard InChI is InChI=1S/C88H96N4P2/c1-9-13-17-33-51-75-63(5)85-83(69-41-37-39-67(59-69)55-57-93(71-43-25-21-26-44-71)72-45-27-22-28-46-72)86-65(7)77(53-35-19-15-11-3)81(91-86)62-82-78(54-36-20-16-12-4)66(8)88(92-82)84(87-64(6)76(52-34-18-14-10-2)80(90-87)61-79(75)89-85)70-42-38-40-68(60-70)56-58-94(73-47-29-23-30-48-73)74-49-31-24-32-50-74/h21-32,37-50,59-62,89,91H,9-20,33-36,51-54H2,1-8H3. The SMILES string of the molecule is CCCCCCC1=C(C)c2nc1cc1[nH]c(c(C)c1CCCCCC)c(-c1cccc(C#CP(c3ccccc3)c3ccccc3)c1)c1[nH]c(cc3nc(c2-c2cccc(C#CP(c4ccccc4)c4ccccc4)c2)C(C)=C3CCCCCC)c(CCCCCC)c1C. The number of aryl methyl sites for hydroxylation is 4. The second-order valence-corrected chi connectivity index (χ2v) is 29.7. The number of fused-ring (bicyclic) bond motifs is 8. The number of allylic oxidation sites excluding steroid dienone is 4. The first-order valence-electron chi connectivity index (χ1n) is 35.4. The lowest BCUT2D eigenvalue weighted by molar-refractivity contribution is 0.667. The molecule has 0 fully saturated rings. The van der Waals surface area contributed by atoms with Gasteiger partial charge in [-0.05, 0) is 192 Å². The molecule has 2 aliphatic rings. The van der Waals surface area contributed by atoms with Crippen LogP contribution in [0.3, 0.4) is 0 Å². The molecule has 0 atom stereocenters. The minimum atomic E-state index is -0.930. The summed E-state index contributed by atoms with van der Waals surface area (Å²) in [6, 6.07) is 66.4. The van der Waals surface area contributed by atoms with Crippen LogP contribution in [0.15, 0.2) is 182 Å². The Balaban J connectivity index is 1.22. The third-order valence-electron chi connectivity index (χ3n) is 19.2. The Bertz CT molecular complexity index is 4210. The highest BCUT2D eigenvalue weighted by atomic mass is 31.1. The van der Waals surface area contributed by atoms with Gasteiger partial charge in [-0.3, -0.25) is 0 Å². The molecule has 0 amide bonds. The maximum atomic E-state index is 6.02. The second-order valence-electron chi connectivity index (χ2n) is 25.9. The summed E-state index contributed by atoms with van der Waals surface area (Å²) in [5.41, 5.74) is 33.5. The first-order chi connectivity index (χ1) is 46.2. The average molecular weight is 1270 g/mol. The van der Waals surface area contributed by atoms with Crippen LogP contribution in [0.2, 0.25) is 0 Å². The van der Waals surface area contributed by atoms with E-state index in [1.54, 1.807) is 0 Å². The highest BCUT2D eigenvalue weighted by Crippen LogP contribution is 2.46. The van der Waals surface area contributed by atoms with Crippen LogP contribution in [-0.2, 0) is 12.8 Å². The molecule has 0 saturated heterocycles. The number of hydrogen-bond acceptors (Lipinski definition) is 2. The van der Waals surface area contributed by atoms with E-state index in [0.717, 1.165) is 124 Å². The summed E-state index contributed by atoms with van der Waals surface area (Å²) in [7, 11) is -1.85. The number of aromatic nitrogens is 4. The highest BCUT2D eigenvalue weighted by Gasteiger charge is 2.28. The molecule has 2 aliphatic heterocycles. The third-order valence-corrected chi connectivity index (χ3v) is 23.1. The molecule has 0 radical (unpaired) electrons. The van der Waals surface area contributed by atoms with Gasteiger partial charge >= 0.3 is 0 Å². The molecular weight excluding hydrogens is 1170 g/mol. The van der Waals surface area contributed by atoms with Crippen molar-refractivity contribution in [2.24, 2.45) is 0 Å². The van der Waals surface area contributed by atoms with Gasteiger partial charge < -0.3 is 9.97 Å². The van der Waals surface area contributed by atoms with E-state index in [2.05, 4.69) is 271 Å². The lowest BCUT2D eigenvalue weighted by atomic mass is 9.91. The van der Waals surface area contributed by atoms with E-state index < -0.39 is 15.8 Å². The van der Waals surface area contributed by atoms with E-state index in [4.69, 9.17) is 9.97 Å². The van der Waals surface area contributed by atoms with Crippen LogP contribution >= 0.6 is 15.8 Å². The summed E-state index contributed by atoms with van der Waals surface area (Å²) >= 11 is 0. The van der Waals surface area contributed by atoms with Crippen molar-refractivity contribution in [2.45, 2.75) is 184 Å². The van der Waals surface area contributed by atoms with Crippen molar-refractivity contribution in [2.75, 3.05) is 0 Å². The molecule has 6 aromatic carbocycles. The summed E-state index contributed by atoms with van der Waals surface area (Å²) in [4.78, 5) is 20.6. The zero-order valence-corrected chi connectivity index (χ0v) is 59.0. The van der Waals surface area contributed by atoms with Crippen LogP contribution in [0.25, 0.3) is 66.6 Å². The van der Waals surface area contributed by atoms with Gasteiger partial charge in [0, 0.05) is 49.1 Å². The number of H-pyrrole nitrogens is 2. The number of benzene rings is 6. The van der Waals surface area contributed by atoms with Crippen LogP contribution in [0, 0.1) is 37.0 Å². The lowest BCUT2D eigenvalue weighted by Crippen LogP contribution is -2.09. The summed E-state index contributed by atoms with van der Waals surface area (Å²) in [6.07, 6.45) is 22.6. The molecule has 8 bridgehead atoms. The number of unbranched alkanes of at least 4 members (excludes halogenated alkanes) is 12. The quantitative estimate of drug-likeness (QED) is 0.0322. The third kappa shape index (κ3) is 16.0. The van der Waals surface area contributed by atoms with E-state index in [0.29, 0.717) is 0 Å². The molecule has 4 nitrogen and oxygen atoms in total. The molecule has 5 heterocycles. The maximum absolute atomic E-state index is 6.02. The van der Waals surface area contributed by atoms with Gasteiger partial charge in [0.25, 0.3) is 0 Å². The van der Waals surface area contributed by atoms with E-state index in [1.165, 1.54) is 148 Å². The minimum Gasteiger partial charge on any atom is -0.354 e. The Morgan fingerprint density at radius 1 is 0.351 bits per heavy atom. The molecule has 3 aromatic heterocycles. The van der Waals surface area contributed by atoms with Crippen molar-refractivity contribution in [3.8, 4) is 45.4 Å². The van der Waals surface area contributed by atoms with Gasteiger partial charge in [-0.1, -0.05) is 274 Å². The van der Waals surface area contributed by atoms with Gasteiger partial charge in [-0.2, -0.15) is 0 Å². The predicted octanol–water partition coefficient (Wildman–Crippen LogP) is 23.2. The Morgan fingerprint density at radius 3 is 1.04 bits per heavy atom. The lowest BCUT2D eigenvalue weighted by Gasteiger charge is -2.12.